The van der Waals surface area contributed by atoms with Gasteiger partial charge in [0, 0.05) is 13.1 Å². The third-order valence-electron chi connectivity index (χ3n) is 9.79. The van der Waals surface area contributed by atoms with Gasteiger partial charge in [-0.1, -0.05) is 68.4 Å². The minimum atomic E-state index is -1.06. The van der Waals surface area contributed by atoms with Crippen molar-refractivity contribution in [3.63, 3.8) is 0 Å². The number of hydrogen-bond acceptors (Lipinski definition) is 7. The lowest BCUT2D eigenvalue weighted by molar-refractivity contribution is -0.154. The van der Waals surface area contributed by atoms with E-state index in [1.54, 1.807) is 6.92 Å². The smallest absolute Gasteiger partial charge is 0.329 e. The normalized spacial score (nSPS) is 24.3. The van der Waals surface area contributed by atoms with Gasteiger partial charge < -0.3 is 30.9 Å². The lowest BCUT2D eigenvalue weighted by atomic mass is 9.85. The van der Waals surface area contributed by atoms with Crippen molar-refractivity contribution in [3.05, 3.63) is 12.7 Å². The minimum absolute atomic E-state index is 0.0572. The van der Waals surface area contributed by atoms with Crippen LogP contribution in [0.2, 0.25) is 0 Å². The molecule has 12 heteroatoms. The Morgan fingerprint density at radius 2 is 1.52 bits per heavy atom. The van der Waals surface area contributed by atoms with Gasteiger partial charge in [-0.15, -0.1) is 6.58 Å². The quantitative estimate of drug-likeness (QED) is 0.136. The van der Waals surface area contributed by atoms with Crippen LogP contribution in [0.5, 0.6) is 0 Å². The summed E-state index contributed by atoms with van der Waals surface area (Å²) in [5, 5.41) is 10.7. The molecule has 3 fully saturated rings. The van der Waals surface area contributed by atoms with Gasteiger partial charge in [-0.3, -0.25) is 19.2 Å². The van der Waals surface area contributed by atoms with E-state index in [1.165, 1.54) is 11.0 Å². The van der Waals surface area contributed by atoms with E-state index >= 15 is 0 Å². The summed E-state index contributed by atoms with van der Waals surface area (Å²) in [4.78, 5) is 81.2. The van der Waals surface area contributed by atoms with Crippen molar-refractivity contribution < 1.29 is 33.5 Å². The van der Waals surface area contributed by atoms with Crippen molar-refractivity contribution in [2.24, 2.45) is 34.0 Å². The maximum atomic E-state index is 14.3. The van der Waals surface area contributed by atoms with Crippen LogP contribution in [-0.2, 0) is 28.7 Å². The molecule has 12 nitrogen and oxygen atoms in total. The number of esters is 1. The maximum absolute atomic E-state index is 14.3. The molecule has 258 valence electrons. The molecule has 0 spiro atoms. The van der Waals surface area contributed by atoms with E-state index in [9.17, 15) is 28.8 Å². The molecule has 46 heavy (non-hydrogen) atoms. The van der Waals surface area contributed by atoms with Crippen LogP contribution in [-0.4, -0.2) is 83.8 Å². The zero-order valence-electron chi connectivity index (χ0n) is 29.2. The number of fused-ring (bicyclic) bond motifs is 1. The molecule has 4 N–H and O–H groups in total. The van der Waals surface area contributed by atoms with Gasteiger partial charge in [0.1, 0.15) is 24.2 Å². The van der Waals surface area contributed by atoms with E-state index in [-0.39, 0.29) is 36.3 Å². The largest absolute Gasteiger partial charge is 0.461 e. The molecule has 3 rings (SSSR count). The molecule has 0 aromatic carbocycles. The molecule has 1 saturated heterocycles. The van der Waals surface area contributed by atoms with Crippen molar-refractivity contribution in [1.82, 2.24) is 26.2 Å². The van der Waals surface area contributed by atoms with Gasteiger partial charge in [-0.05, 0) is 60.2 Å². The number of ketones is 1. The van der Waals surface area contributed by atoms with Crippen LogP contribution in [0.1, 0.15) is 88.5 Å². The third kappa shape index (κ3) is 8.28. The fraction of sp³-hybridized carbons (Fsp3) is 0.765. The topological polar surface area (TPSA) is 163 Å². The molecule has 1 aliphatic heterocycles. The first-order valence-corrected chi connectivity index (χ1v) is 16.5. The van der Waals surface area contributed by atoms with Gasteiger partial charge in [0.2, 0.25) is 17.6 Å². The predicted molar refractivity (Wildman–Crippen MR) is 173 cm³/mol. The second kappa shape index (κ2) is 13.7. The van der Waals surface area contributed by atoms with E-state index in [0.29, 0.717) is 12.5 Å². The lowest BCUT2D eigenvalue weighted by Gasteiger charge is -2.38. The van der Waals surface area contributed by atoms with Crippen LogP contribution >= 0.6 is 0 Å². The summed E-state index contributed by atoms with van der Waals surface area (Å²) in [6.07, 6.45) is 3.41. The first-order chi connectivity index (χ1) is 21.2. The Labute approximate surface area is 273 Å². The number of Topliss-reactive ketones (excluding diaryl/α,β-unsaturated/α-hetero) is 1. The Balaban J connectivity index is 1.79. The zero-order chi connectivity index (χ0) is 34.9. The molecule has 7 atom stereocenters. The number of rotatable bonds is 13. The molecular weight excluding hydrogens is 590 g/mol. The van der Waals surface area contributed by atoms with Crippen LogP contribution < -0.4 is 21.3 Å². The van der Waals surface area contributed by atoms with Gasteiger partial charge in [0.15, 0.2) is 0 Å². The summed E-state index contributed by atoms with van der Waals surface area (Å²) in [5.74, 6) is -2.83. The molecule has 2 unspecified atom stereocenters. The minimum Gasteiger partial charge on any atom is -0.461 e. The fourth-order valence-corrected chi connectivity index (χ4v) is 6.49. The van der Waals surface area contributed by atoms with Crippen LogP contribution in [0.3, 0.4) is 0 Å². The lowest BCUT2D eigenvalue weighted by Crippen LogP contribution is -2.62. The van der Waals surface area contributed by atoms with Crippen LogP contribution in [0.4, 0.5) is 4.79 Å². The summed E-state index contributed by atoms with van der Waals surface area (Å²) in [6.45, 7) is 22.5. The second-order valence-corrected chi connectivity index (χ2v) is 15.9. The van der Waals surface area contributed by atoms with Crippen LogP contribution in [0, 0.1) is 34.0 Å². The van der Waals surface area contributed by atoms with Gasteiger partial charge in [0.25, 0.3) is 5.91 Å². The summed E-state index contributed by atoms with van der Waals surface area (Å²) < 4.78 is 5.68. The van der Waals surface area contributed by atoms with E-state index in [2.05, 4.69) is 27.8 Å². The van der Waals surface area contributed by atoms with Gasteiger partial charge in [0.05, 0.1) is 6.04 Å². The highest BCUT2D eigenvalue weighted by molar-refractivity contribution is 6.38. The average molecular weight is 646 g/mol. The van der Waals surface area contributed by atoms with Gasteiger partial charge >= 0.3 is 12.0 Å². The monoisotopic (exact) mass is 645 g/mol. The van der Waals surface area contributed by atoms with E-state index in [4.69, 9.17) is 4.74 Å². The molecule has 0 radical (unpaired) electrons. The predicted octanol–water partition coefficient (Wildman–Crippen LogP) is 2.71. The van der Waals surface area contributed by atoms with E-state index in [0.717, 1.165) is 12.8 Å². The summed E-state index contributed by atoms with van der Waals surface area (Å²) in [6, 6.07) is -4.65. The highest BCUT2D eigenvalue weighted by Gasteiger charge is 2.70. The summed E-state index contributed by atoms with van der Waals surface area (Å²) in [7, 11) is 0. The Kier molecular flexibility index (Phi) is 11.1. The zero-order valence-corrected chi connectivity index (χ0v) is 29.2. The molecule has 0 bridgehead atoms. The molecule has 2 saturated carbocycles. The number of nitrogens with one attached hydrogen (secondary N) is 4. The first kappa shape index (κ1) is 37.0. The summed E-state index contributed by atoms with van der Waals surface area (Å²) in [5.41, 5.74) is -1.63. The molecule has 2 aliphatic carbocycles. The number of nitrogens with zero attached hydrogens (tertiary/aromatic N) is 1. The number of carbonyl (C=O) groups is 6. The number of ether oxygens (including phenoxy) is 1. The number of amides is 5. The highest BCUT2D eigenvalue weighted by atomic mass is 16.5. The Hall–Kier alpha value is -3.44. The summed E-state index contributed by atoms with van der Waals surface area (Å²) >= 11 is 0. The van der Waals surface area contributed by atoms with Crippen molar-refractivity contribution in [1.29, 1.82) is 0 Å². The number of carbonyl (C=O) groups excluding carboxylic acids is 6. The Morgan fingerprint density at radius 1 is 0.957 bits per heavy atom. The molecule has 1 heterocycles. The van der Waals surface area contributed by atoms with E-state index < -0.39 is 70.5 Å². The number of likely N-dealkylation sites (tertiary alicyclic amines) is 1. The van der Waals surface area contributed by atoms with Crippen molar-refractivity contribution in [3.8, 4) is 0 Å². The molecule has 5 amide bonds. The van der Waals surface area contributed by atoms with Gasteiger partial charge in [-0.25, -0.2) is 9.59 Å². The van der Waals surface area contributed by atoms with Crippen LogP contribution in [0.25, 0.3) is 0 Å². The molecule has 3 aliphatic rings. The van der Waals surface area contributed by atoms with Crippen molar-refractivity contribution in [2.75, 3.05) is 13.1 Å². The Bertz CT molecular complexity index is 1230. The van der Waals surface area contributed by atoms with Gasteiger partial charge in [-0.2, -0.15) is 0 Å². The first-order valence-electron chi connectivity index (χ1n) is 16.5. The molecular formula is C34H55N5O7. The number of hydrogen-bond donors (Lipinski definition) is 4. The second-order valence-electron chi connectivity index (χ2n) is 15.9. The third-order valence-corrected chi connectivity index (χ3v) is 9.79. The van der Waals surface area contributed by atoms with Crippen LogP contribution in [0.15, 0.2) is 12.7 Å². The number of piperidine rings is 1. The molecule has 0 aromatic rings. The van der Waals surface area contributed by atoms with Crippen molar-refractivity contribution >= 4 is 35.5 Å². The standard InChI is InChI=1S/C34H55N5O7/c1-12-16-35-28(42)24(40)21(13-2)36-27(41)23-22-20(34(22,10)11)17-39(23)29(43)25(32(4,5)6)37-31(45)38-26(33(7,8)9)30(44)46-18(3)19-14-15-19/h12,18-23,25-26H,1,13-17H2,2-11H3,(H,35,42)(H,36,41)(H2,37,38,45)/t18?,20-,21?,22-,23-,25+,26+/m0/s1. The fourth-order valence-electron chi connectivity index (χ4n) is 6.49. The molecule has 0 aromatic heterocycles. The maximum Gasteiger partial charge on any atom is 0.329 e. The van der Waals surface area contributed by atoms with Crippen molar-refractivity contribution in [2.45, 2.75) is 119 Å². The Morgan fingerprint density at radius 3 is 2.02 bits per heavy atom. The number of urea groups is 1. The highest BCUT2D eigenvalue weighted by Crippen LogP contribution is 2.65. The van der Waals surface area contributed by atoms with E-state index in [1.807, 2.05) is 62.3 Å². The SMILES string of the molecule is C=CCNC(=O)C(=O)C(CC)NC(=O)[C@@H]1[C@@H]2[C@H](CN1C(=O)[C@@H](NC(=O)N[C@H](C(=O)OC(C)C1CC1)C(C)(C)C)C(C)(C)C)C2(C)C. The average Bonchev–Trinajstić information content (AvgIpc) is 3.83.